The fourth-order valence-corrected chi connectivity index (χ4v) is 6.62. The first-order chi connectivity index (χ1) is 18.4. The summed E-state index contributed by atoms with van der Waals surface area (Å²) in [6.07, 6.45) is 31.0. The van der Waals surface area contributed by atoms with Gasteiger partial charge in [0.15, 0.2) is 0 Å². The molecule has 0 saturated heterocycles. The zero-order chi connectivity index (χ0) is 26.0. The third kappa shape index (κ3) is 10.3. The maximum atomic E-state index is 2.45. The molecular weight excluding hydrogens is 444 g/mol. The van der Waals surface area contributed by atoms with Crippen LogP contribution in [-0.2, 0) is 6.42 Å². The summed E-state index contributed by atoms with van der Waals surface area (Å²) in [5, 5.41) is 0. The summed E-state index contributed by atoms with van der Waals surface area (Å²) in [6.45, 7) is 4.61. The Morgan fingerprint density at radius 2 is 0.946 bits per heavy atom. The molecule has 0 aliphatic heterocycles. The number of benzene rings is 2. The molecule has 37 heavy (non-hydrogen) atoms. The van der Waals surface area contributed by atoms with Gasteiger partial charge in [-0.25, -0.2) is 0 Å². The van der Waals surface area contributed by atoms with E-state index in [9.17, 15) is 0 Å². The summed E-state index contributed by atoms with van der Waals surface area (Å²) in [5.41, 5.74) is 7.99. The van der Waals surface area contributed by atoms with E-state index in [0.717, 1.165) is 0 Å². The third-order valence-corrected chi connectivity index (χ3v) is 8.82. The van der Waals surface area contributed by atoms with E-state index in [1.165, 1.54) is 152 Å². The Hall–Kier alpha value is -1.56. The number of hydrogen-bond acceptors (Lipinski definition) is 0. The first-order valence-electron chi connectivity index (χ1n) is 16.6. The highest BCUT2D eigenvalue weighted by molar-refractivity contribution is 5.80. The van der Waals surface area contributed by atoms with Crippen molar-refractivity contribution in [3.8, 4) is 11.1 Å². The van der Waals surface area contributed by atoms with Gasteiger partial charge in [0.05, 0.1) is 0 Å². The zero-order valence-corrected chi connectivity index (χ0v) is 24.7. The maximum Gasteiger partial charge on any atom is 0.0104 e. The summed E-state index contributed by atoms with van der Waals surface area (Å²) in [6, 6.07) is 16.5. The van der Waals surface area contributed by atoms with E-state index < -0.39 is 0 Å². The van der Waals surface area contributed by atoms with Gasteiger partial charge in [0, 0.05) is 5.92 Å². The van der Waals surface area contributed by atoms with Crippen molar-refractivity contribution in [3.05, 3.63) is 59.2 Å². The van der Waals surface area contributed by atoms with Gasteiger partial charge >= 0.3 is 0 Å². The second kappa shape index (κ2) is 18.7. The molecule has 0 radical (unpaired) electrons. The average molecular weight is 503 g/mol. The molecule has 0 N–H and O–H groups in total. The van der Waals surface area contributed by atoms with Crippen LogP contribution in [0, 0.1) is 0 Å². The molecule has 0 amide bonds. The molecule has 2 aromatic rings. The molecular formula is C37H58. The fourth-order valence-electron chi connectivity index (χ4n) is 6.62. The van der Waals surface area contributed by atoms with Crippen LogP contribution in [0.3, 0.4) is 0 Å². The topological polar surface area (TPSA) is 0 Å². The average Bonchev–Trinajstić information content (AvgIpc) is 3.25. The lowest BCUT2D eigenvalue weighted by atomic mass is 9.87. The molecule has 3 rings (SSSR count). The largest absolute Gasteiger partial charge is 0.0654 e. The van der Waals surface area contributed by atoms with Crippen molar-refractivity contribution in [1.29, 1.82) is 0 Å². The number of aryl methyl sites for hydroxylation is 1. The minimum atomic E-state index is 0.625. The molecule has 0 bridgehead atoms. The molecule has 0 heterocycles. The van der Waals surface area contributed by atoms with Crippen LogP contribution in [0.4, 0.5) is 0 Å². The highest BCUT2D eigenvalue weighted by Gasteiger charge is 2.29. The predicted octanol–water partition coefficient (Wildman–Crippen LogP) is 12.6. The Kier molecular flexibility index (Phi) is 15.1. The number of fused-ring (bicyclic) bond motifs is 3. The van der Waals surface area contributed by atoms with Gasteiger partial charge in [0.2, 0.25) is 0 Å². The van der Waals surface area contributed by atoms with Crippen LogP contribution in [-0.4, -0.2) is 0 Å². The van der Waals surface area contributed by atoms with Gasteiger partial charge in [0.1, 0.15) is 0 Å². The molecule has 1 aliphatic rings. The molecule has 1 atom stereocenters. The standard InChI is InChI=1S/C37H58/c1-3-5-7-9-11-13-15-17-19-21-26-32-27-25-31-36-34-29-24-23-28-33(34)35(37(32)36)30-22-20-18-16-14-12-10-8-6-4-2/h23-25,27-29,31,35H,3-22,26,30H2,1-2H3. The SMILES string of the molecule is CCCCCCCCCCCCc1cccc2c1C(CCCCCCCCCCCC)c1ccccc1-2. The van der Waals surface area contributed by atoms with Crippen molar-refractivity contribution in [2.24, 2.45) is 0 Å². The van der Waals surface area contributed by atoms with Gasteiger partial charge in [-0.2, -0.15) is 0 Å². The van der Waals surface area contributed by atoms with Gasteiger partial charge in [0.25, 0.3) is 0 Å². The van der Waals surface area contributed by atoms with Crippen molar-refractivity contribution in [3.63, 3.8) is 0 Å². The van der Waals surface area contributed by atoms with Crippen molar-refractivity contribution < 1.29 is 0 Å². The first-order valence-corrected chi connectivity index (χ1v) is 16.6. The Balaban J connectivity index is 1.43. The second-order valence-corrected chi connectivity index (χ2v) is 11.9. The summed E-state index contributed by atoms with van der Waals surface area (Å²) in [5.74, 6) is 0.625. The van der Waals surface area contributed by atoms with Crippen LogP contribution in [0.15, 0.2) is 42.5 Å². The van der Waals surface area contributed by atoms with E-state index in [0.29, 0.717) is 5.92 Å². The summed E-state index contributed by atoms with van der Waals surface area (Å²) in [7, 11) is 0. The van der Waals surface area contributed by atoms with Crippen LogP contribution < -0.4 is 0 Å². The Morgan fingerprint density at radius 3 is 1.54 bits per heavy atom. The Morgan fingerprint density at radius 1 is 0.459 bits per heavy atom. The van der Waals surface area contributed by atoms with Crippen LogP contribution in [0.1, 0.15) is 171 Å². The molecule has 1 aliphatic carbocycles. The highest BCUT2D eigenvalue weighted by Crippen LogP contribution is 2.48. The lowest BCUT2D eigenvalue weighted by Crippen LogP contribution is -2.02. The fraction of sp³-hybridized carbons (Fsp3) is 0.676. The van der Waals surface area contributed by atoms with E-state index in [1.54, 1.807) is 16.7 Å². The molecule has 2 aromatic carbocycles. The van der Waals surface area contributed by atoms with E-state index >= 15 is 0 Å². The second-order valence-electron chi connectivity index (χ2n) is 11.9. The molecule has 0 heteroatoms. The van der Waals surface area contributed by atoms with Crippen molar-refractivity contribution in [2.45, 2.75) is 161 Å². The number of hydrogen-bond donors (Lipinski definition) is 0. The van der Waals surface area contributed by atoms with Gasteiger partial charge in [-0.1, -0.05) is 178 Å². The number of unbranched alkanes of at least 4 members (excludes halogenated alkanes) is 18. The molecule has 0 aromatic heterocycles. The van der Waals surface area contributed by atoms with Gasteiger partial charge in [-0.05, 0) is 47.1 Å². The lowest BCUT2D eigenvalue weighted by molar-refractivity contribution is 0.540. The van der Waals surface area contributed by atoms with Crippen LogP contribution in [0.2, 0.25) is 0 Å². The lowest BCUT2D eigenvalue weighted by Gasteiger charge is -2.17. The van der Waals surface area contributed by atoms with Gasteiger partial charge < -0.3 is 0 Å². The quantitative estimate of drug-likeness (QED) is 0.140. The van der Waals surface area contributed by atoms with E-state index in [-0.39, 0.29) is 0 Å². The van der Waals surface area contributed by atoms with Crippen molar-refractivity contribution in [1.82, 2.24) is 0 Å². The monoisotopic (exact) mass is 502 g/mol. The Labute approximate surface area is 231 Å². The van der Waals surface area contributed by atoms with E-state index in [2.05, 4.69) is 56.3 Å². The van der Waals surface area contributed by atoms with Crippen LogP contribution in [0.5, 0.6) is 0 Å². The molecule has 0 spiro atoms. The zero-order valence-electron chi connectivity index (χ0n) is 24.7. The minimum Gasteiger partial charge on any atom is -0.0654 e. The highest BCUT2D eigenvalue weighted by atomic mass is 14.3. The molecule has 0 saturated carbocycles. The first kappa shape index (κ1) is 30.0. The minimum absolute atomic E-state index is 0.625. The van der Waals surface area contributed by atoms with Crippen LogP contribution >= 0.6 is 0 Å². The van der Waals surface area contributed by atoms with Crippen molar-refractivity contribution >= 4 is 0 Å². The van der Waals surface area contributed by atoms with E-state index in [4.69, 9.17) is 0 Å². The molecule has 0 fully saturated rings. The Bertz CT molecular complexity index is 847. The summed E-state index contributed by atoms with van der Waals surface area (Å²) < 4.78 is 0. The van der Waals surface area contributed by atoms with Crippen LogP contribution in [0.25, 0.3) is 11.1 Å². The predicted molar refractivity (Wildman–Crippen MR) is 166 cm³/mol. The van der Waals surface area contributed by atoms with Gasteiger partial charge in [-0.15, -0.1) is 0 Å². The van der Waals surface area contributed by atoms with Gasteiger partial charge in [-0.3, -0.25) is 0 Å². The molecule has 206 valence electrons. The maximum absolute atomic E-state index is 2.45. The summed E-state index contributed by atoms with van der Waals surface area (Å²) in [4.78, 5) is 0. The molecule has 1 unspecified atom stereocenters. The molecule has 0 nitrogen and oxygen atoms in total. The third-order valence-electron chi connectivity index (χ3n) is 8.82. The summed E-state index contributed by atoms with van der Waals surface area (Å²) >= 11 is 0. The van der Waals surface area contributed by atoms with E-state index in [1.807, 2.05) is 0 Å². The number of rotatable bonds is 22. The smallest absolute Gasteiger partial charge is 0.0104 e. The normalized spacial score (nSPS) is 14.2. The van der Waals surface area contributed by atoms with Crippen molar-refractivity contribution in [2.75, 3.05) is 0 Å².